The quantitative estimate of drug-likeness (QED) is 0.867. The third-order valence-electron chi connectivity index (χ3n) is 3.81. The zero-order valence-electron chi connectivity index (χ0n) is 13.3. The number of hydrogen-bond acceptors (Lipinski definition) is 4. The Morgan fingerprint density at radius 1 is 1.20 bits per heavy atom. The fourth-order valence-electron chi connectivity index (χ4n) is 3.03. The van der Waals surface area contributed by atoms with Crippen LogP contribution in [0.1, 0.15) is 44.4 Å². The second-order valence-corrected chi connectivity index (χ2v) is 6.59. The molecule has 4 heteroatoms. The van der Waals surface area contributed by atoms with Gasteiger partial charge in [-0.1, -0.05) is 13.8 Å². The lowest BCUT2D eigenvalue weighted by Gasteiger charge is -2.26. The molecule has 112 valence electrons. The van der Waals surface area contributed by atoms with Crippen LogP contribution in [0.15, 0.2) is 6.33 Å². The van der Waals surface area contributed by atoms with E-state index in [0.29, 0.717) is 12.0 Å². The van der Waals surface area contributed by atoms with Gasteiger partial charge in [-0.15, -0.1) is 0 Å². The van der Waals surface area contributed by atoms with Crippen LogP contribution in [0.4, 0.5) is 5.82 Å². The lowest BCUT2D eigenvalue weighted by Crippen LogP contribution is -2.34. The molecule has 1 N–H and O–H groups in total. The molecular formula is C16H28N4. The van der Waals surface area contributed by atoms with Crippen molar-refractivity contribution in [2.75, 3.05) is 26.0 Å². The van der Waals surface area contributed by atoms with E-state index < -0.39 is 0 Å². The van der Waals surface area contributed by atoms with E-state index in [1.807, 2.05) is 0 Å². The normalized spacial score (nSPS) is 16.3. The highest BCUT2D eigenvalue weighted by Crippen LogP contribution is 2.25. The lowest BCUT2D eigenvalue weighted by molar-refractivity contribution is 0.356. The maximum absolute atomic E-state index is 4.51. The van der Waals surface area contributed by atoms with Crippen molar-refractivity contribution < 1.29 is 0 Å². The van der Waals surface area contributed by atoms with E-state index >= 15 is 0 Å². The molecule has 0 bridgehead atoms. The van der Waals surface area contributed by atoms with Crippen molar-refractivity contribution in [2.45, 2.75) is 52.0 Å². The summed E-state index contributed by atoms with van der Waals surface area (Å²) in [6.45, 7) is 5.59. The van der Waals surface area contributed by atoms with E-state index in [0.717, 1.165) is 31.6 Å². The first kappa shape index (κ1) is 15.2. The third-order valence-corrected chi connectivity index (χ3v) is 3.81. The van der Waals surface area contributed by atoms with Crippen LogP contribution in [0, 0.1) is 5.92 Å². The van der Waals surface area contributed by atoms with Gasteiger partial charge in [-0.05, 0) is 52.1 Å². The summed E-state index contributed by atoms with van der Waals surface area (Å²) in [5, 5.41) is 3.68. The monoisotopic (exact) mass is 276 g/mol. The van der Waals surface area contributed by atoms with Gasteiger partial charge in [-0.2, -0.15) is 0 Å². The highest BCUT2D eigenvalue weighted by Gasteiger charge is 2.19. The van der Waals surface area contributed by atoms with Crippen LogP contribution in [-0.4, -0.2) is 41.5 Å². The highest BCUT2D eigenvalue weighted by atomic mass is 15.1. The molecule has 0 fully saturated rings. The number of nitrogens with zero attached hydrogens (tertiary/aromatic N) is 3. The van der Waals surface area contributed by atoms with Crippen LogP contribution in [0.3, 0.4) is 0 Å². The van der Waals surface area contributed by atoms with Crippen molar-refractivity contribution in [3.8, 4) is 0 Å². The van der Waals surface area contributed by atoms with E-state index in [4.69, 9.17) is 0 Å². The van der Waals surface area contributed by atoms with Gasteiger partial charge in [0.05, 0.1) is 0 Å². The van der Waals surface area contributed by atoms with Crippen LogP contribution in [0.2, 0.25) is 0 Å². The second-order valence-electron chi connectivity index (χ2n) is 6.59. The van der Waals surface area contributed by atoms with Crippen LogP contribution < -0.4 is 5.32 Å². The Morgan fingerprint density at radius 2 is 1.95 bits per heavy atom. The molecule has 1 unspecified atom stereocenters. The van der Waals surface area contributed by atoms with Gasteiger partial charge in [0.15, 0.2) is 0 Å². The number of likely N-dealkylation sites (N-methyl/N-ethyl adjacent to an activating group) is 1. The lowest BCUT2D eigenvalue weighted by atomic mass is 9.96. The topological polar surface area (TPSA) is 41.0 Å². The van der Waals surface area contributed by atoms with E-state index in [9.17, 15) is 0 Å². The van der Waals surface area contributed by atoms with Crippen molar-refractivity contribution >= 4 is 5.82 Å². The molecule has 1 aromatic rings. The molecule has 1 aliphatic carbocycles. The summed E-state index contributed by atoms with van der Waals surface area (Å²) in [6, 6.07) is 0.450. The number of fused-ring (bicyclic) bond motifs is 1. The number of nitrogens with one attached hydrogen (secondary N) is 1. The smallest absolute Gasteiger partial charge is 0.133 e. The molecule has 1 aromatic heterocycles. The molecule has 20 heavy (non-hydrogen) atoms. The molecule has 0 spiro atoms. The molecule has 1 aliphatic rings. The largest absolute Gasteiger partial charge is 0.366 e. The van der Waals surface area contributed by atoms with Crippen LogP contribution in [-0.2, 0) is 12.8 Å². The minimum Gasteiger partial charge on any atom is -0.366 e. The first-order chi connectivity index (χ1) is 9.56. The van der Waals surface area contributed by atoms with Crippen molar-refractivity contribution in [1.29, 1.82) is 0 Å². The zero-order chi connectivity index (χ0) is 14.5. The van der Waals surface area contributed by atoms with Gasteiger partial charge >= 0.3 is 0 Å². The molecule has 2 rings (SSSR count). The SMILES string of the molecule is CC(C)CC(CN(C)C)Nc1ncnc2c1CCCC2. The molecule has 1 atom stereocenters. The van der Waals surface area contributed by atoms with Crippen LogP contribution in [0.5, 0.6) is 0 Å². The third kappa shape index (κ3) is 4.17. The number of aromatic nitrogens is 2. The number of anilines is 1. The summed E-state index contributed by atoms with van der Waals surface area (Å²) < 4.78 is 0. The van der Waals surface area contributed by atoms with Crippen molar-refractivity contribution in [1.82, 2.24) is 14.9 Å². The van der Waals surface area contributed by atoms with Gasteiger partial charge < -0.3 is 10.2 Å². The summed E-state index contributed by atoms with van der Waals surface area (Å²) in [4.78, 5) is 11.2. The van der Waals surface area contributed by atoms with E-state index in [1.54, 1.807) is 6.33 Å². The van der Waals surface area contributed by atoms with E-state index in [-0.39, 0.29) is 0 Å². The van der Waals surface area contributed by atoms with Gasteiger partial charge in [0.2, 0.25) is 0 Å². The van der Waals surface area contributed by atoms with Gasteiger partial charge in [0.1, 0.15) is 12.1 Å². The maximum atomic E-state index is 4.51. The summed E-state index contributed by atoms with van der Waals surface area (Å²) >= 11 is 0. The Morgan fingerprint density at radius 3 is 2.65 bits per heavy atom. The molecule has 0 radical (unpaired) electrons. The standard InChI is InChI=1S/C16H28N4/c1-12(2)9-13(10-20(3)4)19-16-14-7-5-6-8-15(14)17-11-18-16/h11-13H,5-10H2,1-4H3,(H,17,18,19). The predicted molar refractivity (Wildman–Crippen MR) is 84.1 cm³/mol. The van der Waals surface area contributed by atoms with E-state index in [1.165, 1.54) is 24.1 Å². The first-order valence-electron chi connectivity index (χ1n) is 7.80. The van der Waals surface area contributed by atoms with Crippen molar-refractivity contribution in [3.05, 3.63) is 17.6 Å². The minimum absolute atomic E-state index is 0.450. The fourth-order valence-corrected chi connectivity index (χ4v) is 3.03. The highest BCUT2D eigenvalue weighted by molar-refractivity contribution is 5.47. The molecule has 0 amide bonds. The predicted octanol–water partition coefficient (Wildman–Crippen LogP) is 2.74. The summed E-state index contributed by atoms with van der Waals surface area (Å²) in [5.41, 5.74) is 2.60. The molecule has 0 aromatic carbocycles. The summed E-state index contributed by atoms with van der Waals surface area (Å²) in [6.07, 6.45) is 7.63. The number of hydrogen-bond donors (Lipinski definition) is 1. The average molecular weight is 276 g/mol. The van der Waals surface area contributed by atoms with Crippen molar-refractivity contribution in [3.63, 3.8) is 0 Å². The zero-order valence-corrected chi connectivity index (χ0v) is 13.3. The fraction of sp³-hybridized carbons (Fsp3) is 0.750. The average Bonchev–Trinajstić information content (AvgIpc) is 2.37. The molecule has 1 heterocycles. The molecule has 0 saturated heterocycles. The minimum atomic E-state index is 0.450. The van der Waals surface area contributed by atoms with Gasteiger partial charge in [-0.25, -0.2) is 9.97 Å². The van der Waals surface area contributed by atoms with E-state index in [2.05, 4.69) is 48.1 Å². The molecule has 0 aliphatic heterocycles. The Balaban J connectivity index is 2.13. The van der Waals surface area contributed by atoms with Crippen molar-refractivity contribution in [2.24, 2.45) is 5.92 Å². The van der Waals surface area contributed by atoms with Gasteiger partial charge in [0.25, 0.3) is 0 Å². The molecule has 4 nitrogen and oxygen atoms in total. The van der Waals surface area contributed by atoms with Crippen LogP contribution >= 0.6 is 0 Å². The van der Waals surface area contributed by atoms with Crippen LogP contribution in [0.25, 0.3) is 0 Å². The molecular weight excluding hydrogens is 248 g/mol. The Labute approximate surface area is 123 Å². The summed E-state index contributed by atoms with van der Waals surface area (Å²) in [5.74, 6) is 1.76. The Kier molecular flexibility index (Phi) is 5.35. The number of aryl methyl sites for hydroxylation is 1. The van der Waals surface area contributed by atoms with Gasteiger partial charge in [-0.3, -0.25) is 0 Å². The second kappa shape index (κ2) is 7.02. The molecule has 0 saturated carbocycles. The van der Waals surface area contributed by atoms with Gasteiger partial charge in [0, 0.05) is 23.8 Å². The number of rotatable bonds is 6. The first-order valence-corrected chi connectivity index (χ1v) is 7.80. The maximum Gasteiger partial charge on any atom is 0.133 e. The summed E-state index contributed by atoms with van der Waals surface area (Å²) in [7, 11) is 4.26. The Hall–Kier alpha value is -1.16. The Bertz CT molecular complexity index is 418.